The van der Waals surface area contributed by atoms with Crippen molar-refractivity contribution in [2.24, 2.45) is 0 Å². The maximum atomic E-state index is 13.4. The van der Waals surface area contributed by atoms with E-state index in [4.69, 9.17) is 19.8 Å². The van der Waals surface area contributed by atoms with E-state index in [0.717, 1.165) is 57.5 Å². The minimum Gasteiger partial charge on any atom is -0.473 e. The molecule has 0 bridgehead atoms. The number of carbonyl (C=O) groups excluding carboxylic acids is 2. The summed E-state index contributed by atoms with van der Waals surface area (Å²) >= 11 is 0. The summed E-state index contributed by atoms with van der Waals surface area (Å²) in [4.78, 5) is 51.6. The highest BCUT2D eigenvalue weighted by Crippen LogP contribution is 2.34. The van der Waals surface area contributed by atoms with E-state index in [1.807, 2.05) is 29.2 Å². The summed E-state index contributed by atoms with van der Waals surface area (Å²) in [6.07, 6.45) is 9.10. The van der Waals surface area contributed by atoms with Crippen LogP contribution in [0.5, 0.6) is 0 Å². The van der Waals surface area contributed by atoms with Crippen LogP contribution >= 0.6 is 0 Å². The molecule has 1 aliphatic carbocycles. The first-order valence-corrected chi connectivity index (χ1v) is 13.9. The van der Waals surface area contributed by atoms with Crippen LogP contribution in [-0.4, -0.2) is 101 Å². The normalized spacial score (nSPS) is 20.7. The summed E-state index contributed by atoms with van der Waals surface area (Å²) in [5.41, 5.74) is 1.57. The zero-order valence-electron chi connectivity index (χ0n) is 22.4. The third kappa shape index (κ3) is 8.26. The molecule has 2 amide bonds. The Hall–Kier alpha value is -2.98. The molecule has 4 rings (SSSR count). The predicted molar refractivity (Wildman–Crippen MR) is 143 cm³/mol. The molecule has 1 aromatic carbocycles. The second-order valence-electron chi connectivity index (χ2n) is 10.3. The molecule has 2 heterocycles. The Labute approximate surface area is 225 Å². The summed E-state index contributed by atoms with van der Waals surface area (Å²) in [5, 5.41) is 18.1. The number of carbonyl (C=O) groups is 4. The Kier molecular flexibility index (Phi) is 11.5. The van der Waals surface area contributed by atoms with Gasteiger partial charge in [0, 0.05) is 44.3 Å². The summed E-state index contributed by atoms with van der Waals surface area (Å²) < 4.78 is 0. The highest BCUT2D eigenvalue weighted by atomic mass is 16.4. The summed E-state index contributed by atoms with van der Waals surface area (Å²) in [5.74, 6) is -3.64. The first-order valence-electron chi connectivity index (χ1n) is 13.9. The average Bonchev–Trinajstić information content (AvgIpc) is 3.03. The molecule has 3 N–H and O–H groups in total. The van der Waals surface area contributed by atoms with Crippen LogP contribution in [-0.2, 0) is 14.4 Å². The lowest BCUT2D eigenvalue weighted by Crippen LogP contribution is -2.47. The van der Waals surface area contributed by atoms with Crippen LogP contribution in [0.2, 0.25) is 0 Å². The SMILES string of the molecule is CCCN1CCN(CCCN2C(=O)c3ccccc3C2C(=O)NC2CCCCCC2)CC1.O=C(O)C(=O)O. The number of nitrogens with zero attached hydrogens (tertiary/aromatic N) is 3. The molecule has 1 saturated heterocycles. The molecule has 0 radical (unpaired) electrons. The summed E-state index contributed by atoms with van der Waals surface area (Å²) in [7, 11) is 0. The monoisotopic (exact) mass is 530 g/mol. The fourth-order valence-corrected chi connectivity index (χ4v) is 5.60. The number of hydrogen-bond donors (Lipinski definition) is 3. The van der Waals surface area contributed by atoms with E-state index in [2.05, 4.69) is 22.0 Å². The van der Waals surface area contributed by atoms with Gasteiger partial charge in [0.15, 0.2) is 0 Å². The standard InChI is InChI=1S/C26H40N4O2.C2H2O4/c1-2-14-28-17-19-29(20-18-28)15-9-16-30-24(22-12-7-8-13-23(22)26(30)32)25(31)27-21-10-5-3-4-6-11-21;3-1(4)2(5)6/h7-8,12-13,21,24H,2-6,9-11,14-20H2,1H3,(H,27,31);(H,3,4)(H,5,6). The van der Waals surface area contributed by atoms with Gasteiger partial charge in [0.2, 0.25) is 5.91 Å². The highest BCUT2D eigenvalue weighted by Gasteiger charge is 2.41. The number of amides is 2. The maximum Gasteiger partial charge on any atom is 0.414 e. The maximum absolute atomic E-state index is 13.4. The molecule has 10 nitrogen and oxygen atoms in total. The molecule has 210 valence electrons. The van der Waals surface area contributed by atoms with Gasteiger partial charge in [-0.05, 0) is 50.4 Å². The number of rotatable bonds is 8. The van der Waals surface area contributed by atoms with E-state index in [1.165, 1.54) is 38.6 Å². The quantitative estimate of drug-likeness (QED) is 0.345. The number of carboxylic acids is 2. The summed E-state index contributed by atoms with van der Waals surface area (Å²) in [6.45, 7) is 9.50. The molecule has 38 heavy (non-hydrogen) atoms. The van der Waals surface area contributed by atoms with Crippen molar-refractivity contribution >= 4 is 23.8 Å². The van der Waals surface area contributed by atoms with Gasteiger partial charge in [-0.1, -0.05) is 50.8 Å². The van der Waals surface area contributed by atoms with Gasteiger partial charge < -0.3 is 30.2 Å². The number of benzene rings is 1. The van der Waals surface area contributed by atoms with E-state index in [9.17, 15) is 9.59 Å². The van der Waals surface area contributed by atoms with Gasteiger partial charge in [-0.15, -0.1) is 0 Å². The first-order chi connectivity index (χ1) is 18.3. The Morgan fingerprint density at radius 1 is 0.868 bits per heavy atom. The van der Waals surface area contributed by atoms with Crippen LogP contribution in [0.3, 0.4) is 0 Å². The number of hydrogen-bond acceptors (Lipinski definition) is 6. The molecule has 3 aliphatic rings. The minimum atomic E-state index is -1.82. The van der Waals surface area contributed by atoms with Gasteiger partial charge in [0.1, 0.15) is 6.04 Å². The largest absolute Gasteiger partial charge is 0.473 e. The number of carboxylic acid groups (broad SMARTS) is 2. The van der Waals surface area contributed by atoms with E-state index in [1.54, 1.807) is 0 Å². The van der Waals surface area contributed by atoms with Gasteiger partial charge in [-0.3, -0.25) is 9.59 Å². The van der Waals surface area contributed by atoms with Crippen molar-refractivity contribution in [3.63, 3.8) is 0 Å². The molecule has 1 atom stereocenters. The van der Waals surface area contributed by atoms with Crippen molar-refractivity contribution in [1.82, 2.24) is 20.0 Å². The predicted octanol–water partition coefficient (Wildman–Crippen LogP) is 2.60. The molecule has 0 aromatic heterocycles. The van der Waals surface area contributed by atoms with E-state index in [0.29, 0.717) is 12.1 Å². The number of piperazine rings is 1. The molecule has 1 saturated carbocycles. The first kappa shape index (κ1) is 29.6. The minimum absolute atomic E-state index is 0.00313. The number of nitrogens with one attached hydrogen (secondary N) is 1. The highest BCUT2D eigenvalue weighted by molar-refractivity contribution is 6.27. The third-order valence-electron chi connectivity index (χ3n) is 7.57. The Bertz CT molecular complexity index is 942. The van der Waals surface area contributed by atoms with Crippen LogP contribution < -0.4 is 5.32 Å². The lowest BCUT2D eigenvalue weighted by atomic mass is 10.0. The molecule has 2 fully saturated rings. The van der Waals surface area contributed by atoms with Gasteiger partial charge in [0.05, 0.1) is 0 Å². The average molecular weight is 531 g/mol. The molecule has 10 heteroatoms. The van der Waals surface area contributed by atoms with Crippen LogP contribution in [0.4, 0.5) is 0 Å². The Balaban J connectivity index is 0.000000599. The van der Waals surface area contributed by atoms with Crippen molar-refractivity contribution in [2.45, 2.75) is 70.4 Å². The van der Waals surface area contributed by atoms with Crippen LogP contribution in [0, 0.1) is 0 Å². The Morgan fingerprint density at radius 2 is 1.45 bits per heavy atom. The van der Waals surface area contributed by atoms with E-state index >= 15 is 0 Å². The zero-order valence-corrected chi connectivity index (χ0v) is 22.4. The second-order valence-corrected chi connectivity index (χ2v) is 10.3. The molecular weight excluding hydrogens is 488 g/mol. The van der Waals surface area contributed by atoms with Gasteiger partial charge in [0.25, 0.3) is 5.91 Å². The number of fused-ring (bicyclic) bond motifs is 1. The fraction of sp³-hybridized carbons (Fsp3) is 0.643. The lowest BCUT2D eigenvalue weighted by Gasteiger charge is -2.35. The smallest absolute Gasteiger partial charge is 0.414 e. The topological polar surface area (TPSA) is 130 Å². The van der Waals surface area contributed by atoms with Crippen LogP contribution in [0.1, 0.15) is 80.3 Å². The van der Waals surface area contributed by atoms with Crippen molar-refractivity contribution in [3.05, 3.63) is 35.4 Å². The second kappa shape index (κ2) is 14.8. The van der Waals surface area contributed by atoms with Crippen molar-refractivity contribution in [2.75, 3.05) is 45.8 Å². The molecule has 1 aromatic rings. The van der Waals surface area contributed by atoms with Gasteiger partial charge in [-0.2, -0.15) is 0 Å². The zero-order chi connectivity index (χ0) is 27.5. The van der Waals surface area contributed by atoms with E-state index in [-0.39, 0.29) is 17.9 Å². The van der Waals surface area contributed by atoms with Crippen molar-refractivity contribution in [1.29, 1.82) is 0 Å². The fourth-order valence-electron chi connectivity index (χ4n) is 5.60. The van der Waals surface area contributed by atoms with Crippen LogP contribution in [0.15, 0.2) is 24.3 Å². The van der Waals surface area contributed by atoms with E-state index < -0.39 is 18.0 Å². The van der Waals surface area contributed by atoms with Gasteiger partial charge >= 0.3 is 11.9 Å². The van der Waals surface area contributed by atoms with Crippen molar-refractivity contribution in [3.8, 4) is 0 Å². The Morgan fingerprint density at radius 3 is 2.03 bits per heavy atom. The lowest BCUT2D eigenvalue weighted by molar-refractivity contribution is -0.159. The van der Waals surface area contributed by atoms with Gasteiger partial charge in [-0.25, -0.2) is 9.59 Å². The molecular formula is C28H42N4O6. The van der Waals surface area contributed by atoms with Crippen molar-refractivity contribution < 1.29 is 29.4 Å². The third-order valence-corrected chi connectivity index (χ3v) is 7.57. The number of aliphatic carboxylic acids is 2. The summed E-state index contributed by atoms with van der Waals surface area (Å²) in [6, 6.07) is 7.43. The molecule has 1 unspecified atom stereocenters. The molecule has 2 aliphatic heterocycles. The van der Waals surface area contributed by atoms with Crippen LogP contribution in [0.25, 0.3) is 0 Å². The molecule has 0 spiro atoms.